The van der Waals surface area contributed by atoms with E-state index >= 15 is 0 Å². The first-order valence-corrected chi connectivity index (χ1v) is 8.04. The zero-order valence-electron chi connectivity index (χ0n) is 14.2. The maximum atomic E-state index is 12.3. The predicted octanol–water partition coefficient (Wildman–Crippen LogP) is 4.00. The van der Waals surface area contributed by atoms with E-state index in [-0.39, 0.29) is 6.61 Å². The summed E-state index contributed by atoms with van der Waals surface area (Å²) in [4.78, 5) is 16.8. The highest BCUT2D eigenvalue weighted by molar-refractivity contribution is 5.90. The summed E-state index contributed by atoms with van der Waals surface area (Å²) in [5.41, 5.74) is 1.98. The average Bonchev–Trinajstić information content (AvgIpc) is 2.66. The topological polar surface area (TPSA) is 57.7 Å². The first-order valence-electron chi connectivity index (χ1n) is 8.04. The van der Waals surface area contributed by atoms with Crippen LogP contribution in [0.1, 0.15) is 23.0 Å². The van der Waals surface area contributed by atoms with Crippen LogP contribution in [0.5, 0.6) is 11.5 Å². The average molecular weight is 337 g/mol. The molecule has 0 unspecified atom stereocenters. The van der Waals surface area contributed by atoms with Crippen molar-refractivity contribution in [1.29, 1.82) is 0 Å². The van der Waals surface area contributed by atoms with Crippen molar-refractivity contribution in [2.24, 2.45) is 0 Å². The van der Waals surface area contributed by atoms with Crippen LogP contribution in [0.25, 0.3) is 10.9 Å². The van der Waals surface area contributed by atoms with Gasteiger partial charge in [0.25, 0.3) is 0 Å². The molecule has 0 spiro atoms. The van der Waals surface area contributed by atoms with Gasteiger partial charge < -0.3 is 14.2 Å². The highest BCUT2D eigenvalue weighted by Gasteiger charge is 2.13. The van der Waals surface area contributed by atoms with Crippen molar-refractivity contribution in [2.45, 2.75) is 13.5 Å². The number of carbonyl (C=O) groups excluding carboxylic acids is 1. The SMILES string of the molecule is CCOc1ccc(C(=O)OCc2ccc3ccccc3n2)cc1OC. The van der Waals surface area contributed by atoms with Gasteiger partial charge in [-0.3, -0.25) is 0 Å². The molecule has 3 rings (SSSR count). The van der Waals surface area contributed by atoms with Gasteiger partial charge in [-0.25, -0.2) is 9.78 Å². The second kappa shape index (κ2) is 7.66. The maximum absolute atomic E-state index is 12.3. The van der Waals surface area contributed by atoms with E-state index < -0.39 is 5.97 Å². The van der Waals surface area contributed by atoms with Crippen molar-refractivity contribution in [2.75, 3.05) is 13.7 Å². The van der Waals surface area contributed by atoms with E-state index in [9.17, 15) is 4.79 Å². The number of pyridine rings is 1. The molecule has 0 aliphatic rings. The molecule has 1 heterocycles. The Bertz CT molecular complexity index is 892. The van der Waals surface area contributed by atoms with E-state index in [0.29, 0.717) is 29.4 Å². The summed E-state index contributed by atoms with van der Waals surface area (Å²) in [6.07, 6.45) is 0. The number of ether oxygens (including phenoxy) is 3. The van der Waals surface area contributed by atoms with E-state index in [1.807, 2.05) is 43.3 Å². The predicted molar refractivity (Wildman–Crippen MR) is 95.0 cm³/mol. The van der Waals surface area contributed by atoms with Gasteiger partial charge in [0.15, 0.2) is 11.5 Å². The quantitative estimate of drug-likeness (QED) is 0.636. The third-order valence-electron chi connectivity index (χ3n) is 3.71. The summed E-state index contributed by atoms with van der Waals surface area (Å²) >= 11 is 0. The minimum absolute atomic E-state index is 0.110. The molecule has 128 valence electrons. The van der Waals surface area contributed by atoms with Gasteiger partial charge in [-0.1, -0.05) is 24.3 Å². The Morgan fingerprint density at radius 1 is 1.04 bits per heavy atom. The lowest BCUT2D eigenvalue weighted by Crippen LogP contribution is -2.07. The van der Waals surface area contributed by atoms with Crippen LogP contribution in [0, 0.1) is 0 Å². The van der Waals surface area contributed by atoms with E-state index in [1.54, 1.807) is 18.2 Å². The number of fused-ring (bicyclic) bond motifs is 1. The molecular formula is C20H19NO4. The van der Waals surface area contributed by atoms with E-state index in [2.05, 4.69) is 4.98 Å². The fraction of sp³-hybridized carbons (Fsp3) is 0.200. The molecule has 2 aromatic carbocycles. The minimum Gasteiger partial charge on any atom is -0.493 e. The lowest BCUT2D eigenvalue weighted by molar-refractivity contribution is 0.0467. The molecule has 0 fully saturated rings. The summed E-state index contributed by atoms with van der Waals surface area (Å²) in [6.45, 7) is 2.52. The summed E-state index contributed by atoms with van der Waals surface area (Å²) in [7, 11) is 1.53. The highest BCUT2D eigenvalue weighted by Crippen LogP contribution is 2.28. The molecular weight excluding hydrogens is 318 g/mol. The van der Waals surface area contributed by atoms with Gasteiger partial charge in [-0.05, 0) is 37.3 Å². The minimum atomic E-state index is -0.434. The standard InChI is InChI=1S/C20H19NO4/c1-3-24-18-11-9-15(12-19(18)23-2)20(22)25-13-16-10-8-14-6-4-5-7-17(14)21-16/h4-12H,3,13H2,1-2H3. The Labute approximate surface area is 146 Å². The van der Waals surface area contributed by atoms with Crippen molar-refractivity contribution in [3.8, 4) is 11.5 Å². The molecule has 3 aromatic rings. The van der Waals surface area contributed by atoms with Crippen LogP contribution < -0.4 is 9.47 Å². The van der Waals surface area contributed by atoms with Crippen LogP contribution in [0.3, 0.4) is 0 Å². The molecule has 0 atom stereocenters. The number of carbonyl (C=O) groups is 1. The van der Waals surface area contributed by atoms with Crippen molar-refractivity contribution < 1.29 is 19.0 Å². The van der Waals surface area contributed by atoms with Gasteiger partial charge in [0, 0.05) is 5.39 Å². The first kappa shape index (κ1) is 16.8. The van der Waals surface area contributed by atoms with Gasteiger partial charge in [0.05, 0.1) is 30.5 Å². The zero-order valence-corrected chi connectivity index (χ0v) is 14.2. The summed E-state index contributed by atoms with van der Waals surface area (Å²) in [6, 6.07) is 16.6. The first-order chi connectivity index (χ1) is 12.2. The fourth-order valence-electron chi connectivity index (χ4n) is 2.48. The Balaban J connectivity index is 1.71. The summed E-state index contributed by atoms with van der Waals surface area (Å²) in [5, 5.41) is 1.05. The Morgan fingerprint density at radius 3 is 2.68 bits per heavy atom. The van der Waals surface area contributed by atoms with E-state index in [1.165, 1.54) is 7.11 Å². The molecule has 5 heteroatoms. The fourth-order valence-corrected chi connectivity index (χ4v) is 2.48. The van der Waals surface area contributed by atoms with Gasteiger partial charge in [-0.15, -0.1) is 0 Å². The summed E-state index contributed by atoms with van der Waals surface area (Å²) in [5.74, 6) is 0.661. The molecule has 0 saturated carbocycles. The molecule has 0 saturated heterocycles. The molecule has 0 bridgehead atoms. The van der Waals surface area contributed by atoms with Crippen LogP contribution in [-0.2, 0) is 11.3 Å². The Morgan fingerprint density at radius 2 is 1.88 bits per heavy atom. The van der Waals surface area contributed by atoms with Gasteiger partial charge in [0.1, 0.15) is 6.61 Å². The van der Waals surface area contributed by atoms with Crippen LogP contribution in [0.4, 0.5) is 0 Å². The molecule has 0 radical (unpaired) electrons. The summed E-state index contributed by atoms with van der Waals surface area (Å²) < 4.78 is 16.1. The van der Waals surface area contributed by atoms with Crippen LogP contribution in [0.2, 0.25) is 0 Å². The highest BCUT2D eigenvalue weighted by atomic mass is 16.5. The number of para-hydroxylation sites is 1. The monoisotopic (exact) mass is 337 g/mol. The number of hydrogen-bond donors (Lipinski definition) is 0. The van der Waals surface area contributed by atoms with Crippen LogP contribution in [0.15, 0.2) is 54.6 Å². The van der Waals surface area contributed by atoms with Gasteiger partial charge in [-0.2, -0.15) is 0 Å². The van der Waals surface area contributed by atoms with Crippen LogP contribution in [-0.4, -0.2) is 24.7 Å². The number of nitrogens with zero attached hydrogens (tertiary/aromatic N) is 1. The molecule has 25 heavy (non-hydrogen) atoms. The van der Waals surface area contributed by atoms with Crippen molar-refractivity contribution >= 4 is 16.9 Å². The number of benzene rings is 2. The van der Waals surface area contributed by atoms with Crippen LogP contribution >= 0.6 is 0 Å². The third-order valence-corrected chi connectivity index (χ3v) is 3.71. The van der Waals surface area contributed by atoms with Crippen molar-refractivity contribution in [3.63, 3.8) is 0 Å². The van der Waals surface area contributed by atoms with Gasteiger partial charge in [0.2, 0.25) is 0 Å². The van der Waals surface area contributed by atoms with E-state index in [0.717, 1.165) is 10.9 Å². The van der Waals surface area contributed by atoms with E-state index in [4.69, 9.17) is 14.2 Å². The molecule has 0 amide bonds. The number of aromatic nitrogens is 1. The molecule has 0 N–H and O–H groups in total. The Hall–Kier alpha value is -3.08. The number of rotatable bonds is 6. The number of methoxy groups -OCH3 is 1. The lowest BCUT2D eigenvalue weighted by Gasteiger charge is -2.11. The second-order valence-corrected chi connectivity index (χ2v) is 5.37. The molecule has 0 aliphatic heterocycles. The van der Waals surface area contributed by atoms with Crippen molar-refractivity contribution in [1.82, 2.24) is 4.98 Å². The zero-order chi connectivity index (χ0) is 17.6. The second-order valence-electron chi connectivity index (χ2n) is 5.37. The largest absolute Gasteiger partial charge is 0.493 e. The normalized spacial score (nSPS) is 10.5. The lowest BCUT2D eigenvalue weighted by atomic mass is 10.2. The smallest absolute Gasteiger partial charge is 0.338 e. The molecule has 0 aliphatic carbocycles. The van der Waals surface area contributed by atoms with Crippen molar-refractivity contribution in [3.05, 3.63) is 65.9 Å². The Kier molecular flexibility index (Phi) is 5.14. The third kappa shape index (κ3) is 3.88. The van der Waals surface area contributed by atoms with Gasteiger partial charge >= 0.3 is 5.97 Å². The number of esters is 1. The molecule has 1 aromatic heterocycles. The number of hydrogen-bond acceptors (Lipinski definition) is 5. The maximum Gasteiger partial charge on any atom is 0.338 e. The molecule has 5 nitrogen and oxygen atoms in total.